The molecule has 1 aromatic heterocycles. The first-order valence-electron chi connectivity index (χ1n) is 7.90. The first-order chi connectivity index (χ1) is 11.0. The molecule has 1 heterocycles. The Morgan fingerprint density at radius 1 is 1.26 bits per heavy atom. The van der Waals surface area contributed by atoms with E-state index in [9.17, 15) is 10.1 Å². The number of nitrogens with one attached hydrogen (secondary N) is 1. The van der Waals surface area contributed by atoms with E-state index >= 15 is 0 Å². The van der Waals surface area contributed by atoms with Gasteiger partial charge in [0.15, 0.2) is 0 Å². The van der Waals surface area contributed by atoms with E-state index in [1.807, 2.05) is 13.8 Å². The van der Waals surface area contributed by atoms with E-state index < -0.39 is 0 Å². The van der Waals surface area contributed by atoms with Gasteiger partial charge in [-0.3, -0.25) is 4.79 Å². The minimum absolute atomic E-state index is 0.0449. The lowest BCUT2D eigenvalue weighted by Gasteiger charge is -2.11. The second-order valence-corrected chi connectivity index (χ2v) is 7.38. The number of thiophene rings is 1. The zero-order valence-corrected chi connectivity index (χ0v) is 14.6. The summed E-state index contributed by atoms with van der Waals surface area (Å²) in [5.41, 5.74) is 6.41. The van der Waals surface area contributed by atoms with E-state index in [4.69, 9.17) is 0 Å². The van der Waals surface area contributed by atoms with Crippen LogP contribution < -0.4 is 5.32 Å². The molecule has 23 heavy (non-hydrogen) atoms. The Bertz CT molecular complexity index is 804. The van der Waals surface area contributed by atoms with Crippen LogP contribution in [0.4, 0.5) is 5.00 Å². The molecule has 1 N–H and O–H groups in total. The predicted molar refractivity (Wildman–Crippen MR) is 94.0 cm³/mol. The molecule has 0 aliphatic heterocycles. The van der Waals surface area contributed by atoms with Crippen molar-refractivity contribution in [3.8, 4) is 6.07 Å². The third kappa shape index (κ3) is 3.02. The fourth-order valence-electron chi connectivity index (χ4n) is 3.43. The highest BCUT2D eigenvalue weighted by molar-refractivity contribution is 7.16. The molecule has 3 rings (SSSR count). The molecule has 0 bridgehead atoms. The van der Waals surface area contributed by atoms with Crippen molar-refractivity contribution in [2.24, 2.45) is 0 Å². The van der Waals surface area contributed by atoms with Crippen molar-refractivity contribution in [1.82, 2.24) is 0 Å². The quantitative estimate of drug-likeness (QED) is 0.919. The lowest BCUT2D eigenvalue weighted by molar-refractivity contribution is -0.115. The number of hydrogen-bond acceptors (Lipinski definition) is 3. The number of benzene rings is 1. The summed E-state index contributed by atoms with van der Waals surface area (Å²) in [6.07, 6.45) is 3.46. The Labute approximate surface area is 141 Å². The van der Waals surface area contributed by atoms with Crippen molar-refractivity contribution in [3.05, 3.63) is 50.4 Å². The van der Waals surface area contributed by atoms with Gasteiger partial charge in [0, 0.05) is 4.88 Å². The van der Waals surface area contributed by atoms with Gasteiger partial charge >= 0.3 is 0 Å². The molecular weight excluding hydrogens is 304 g/mol. The molecule has 0 saturated heterocycles. The van der Waals surface area contributed by atoms with Crippen LogP contribution in [0.25, 0.3) is 0 Å². The minimum atomic E-state index is -0.0449. The van der Waals surface area contributed by atoms with E-state index in [-0.39, 0.29) is 5.91 Å². The smallest absolute Gasteiger partial charge is 0.229 e. The van der Waals surface area contributed by atoms with Crippen molar-refractivity contribution in [1.29, 1.82) is 5.26 Å². The van der Waals surface area contributed by atoms with Crippen molar-refractivity contribution in [2.45, 2.75) is 46.5 Å². The molecule has 0 radical (unpaired) electrons. The van der Waals surface area contributed by atoms with Gasteiger partial charge in [0.1, 0.15) is 11.1 Å². The third-order valence-electron chi connectivity index (χ3n) is 4.46. The highest BCUT2D eigenvalue weighted by Crippen LogP contribution is 2.38. The zero-order chi connectivity index (χ0) is 16.6. The Kier molecular flexibility index (Phi) is 4.23. The minimum Gasteiger partial charge on any atom is -0.316 e. The molecule has 0 saturated carbocycles. The Hall–Kier alpha value is -2.12. The van der Waals surface area contributed by atoms with E-state index in [2.05, 4.69) is 30.4 Å². The maximum Gasteiger partial charge on any atom is 0.229 e. The number of anilines is 1. The molecule has 1 aliphatic rings. The van der Waals surface area contributed by atoms with Gasteiger partial charge in [-0.15, -0.1) is 11.3 Å². The van der Waals surface area contributed by atoms with Crippen LogP contribution in [0.5, 0.6) is 0 Å². The second-order valence-electron chi connectivity index (χ2n) is 6.28. The summed E-state index contributed by atoms with van der Waals surface area (Å²) in [6, 6.07) is 6.49. The third-order valence-corrected chi connectivity index (χ3v) is 5.67. The van der Waals surface area contributed by atoms with Crippen molar-refractivity contribution >= 4 is 22.2 Å². The normalized spacial score (nSPS) is 12.8. The largest absolute Gasteiger partial charge is 0.316 e. The molecule has 1 aromatic carbocycles. The molecule has 4 heteroatoms. The number of fused-ring (bicyclic) bond motifs is 1. The van der Waals surface area contributed by atoms with Gasteiger partial charge in [0.25, 0.3) is 0 Å². The summed E-state index contributed by atoms with van der Waals surface area (Å²) in [4.78, 5) is 13.7. The number of rotatable bonds is 3. The number of amides is 1. The van der Waals surface area contributed by atoms with Gasteiger partial charge in [-0.1, -0.05) is 17.7 Å². The van der Waals surface area contributed by atoms with Gasteiger partial charge in [-0.2, -0.15) is 5.26 Å². The molecular formula is C19H20N2OS. The number of nitrogens with zero attached hydrogens (tertiary/aromatic N) is 1. The summed E-state index contributed by atoms with van der Waals surface area (Å²) >= 11 is 1.57. The average molecular weight is 324 g/mol. The standard InChI is InChI=1S/C19H20N2OS/c1-11-7-12(2)15(13(3)8-11)9-18(22)21-19-16(10-20)14-5-4-6-17(14)23-19/h7-8H,4-6,9H2,1-3H3,(H,21,22). The van der Waals surface area contributed by atoms with E-state index in [0.717, 1.165) is 46.5 Å². The van der Waals surface area contributed by atoms with Crippen LogP contribution in [-0.4, -0.2) is 5.91 Å². The molecule has 1 amide bonds. The highest BCUT2D eigenvalue weighted by Gasteiger charge is 2.23. The van der Waals surface area contributed by atoms with Gasteiger partial charge in [0.05, 0.1) is 12.0 Å². The van der Waals surface area contributed by atoms with Gasteiger partial charge in [-0.25, -0.2) is 0 Å². The molecule has 1 aliphatic carbocycles. The van der Waals surface area contributed by atoms with Crippen LogP contribution in [0.15, 0.2) is 12.1 Å². The van der Waals surface area contributed by atoms with E-state index in [0.29, 0.717) is 12.0 Å². The first kappa shape index (κ1) is 15.8. The number of nitriles is 1. The van der Waals surface area contributed by atoms with Gasteiger partial charge in [0.2, 0.25) is 5.91 Å². The monoisotopic (exact) mass is 324 g/mol. The maximum absolute atomic E-state index is 12.5. The molecule has 2 aromatic rings. The van der Waals surface area contributed by atoms with Crippen LogP contribution in [0, 0.1) is 32.1 Å². The van der Waals surface area contributed by atoms with Gasteiger partial charge in [-0.05, 0) is 62.3 Å². The topological polar surface area (TPSA) is 52.9 Å². The lowest BCUT2D eigenvalue weighted by atomic mass is 9.97. The van der Waals surface area contributed by atoms with E-state index in [1.165, 1.54) is 10.4 Å². The SMILES string of the molecule is Cc1cc(C)c(CC(=O)Nc2sc3c(c2C#N)CCC3)c(C)c1. The number of carbonyl (C=O) groups excluding carboxylic acids is 1. The zero-order valence-electron chi connectivity index (χ0n) is 13.7. The summed E-state index contributed by atoms with van der Waals surface area (Å²) in [7, 11) is 0. The van der Waals surface area contributed by atoms with E-state index in [1.54, 1.807) is 11.3 Å². The fraction of sp³-hybridized carbons (Fsp3) is 0.368. The van der Waals surface area contributed by atoms with Crippen LogP contribution in [0.1, 0.15) is 44.7 Å². The molecule has 0 fully saturated rings. The molecule has 3 nitrogen and oxygen atoms in total. The van der Waals surface area contributed by atoms with Crippen LogP contribution >= 0.6 is 11.3 Å². The molecule has 0 unspecified atom stereocenters. The molecule has 118 valence electrons. The predicted octanol–water partition coefficient (Wildman–Crippen LogP) is 4.21. The Morgan fingerprint density at radius 3 is 2.61 bits per heavy atom. The maximum atomic E-state index is 12.5. The van der Waals surface area contributed by atoms with Crippen LogP contribution in [0.2, 0.25) is 0 Å². The first-order valence-corrected chi connectivity index (χ1v) is 8.72. The number of carbonyl (C=O) groups is 1. The summed E-state index contributed by atoms with van der Waals surface area (Å²) in [6.45, 7) is 6.16. The van der Waals surface area contributed by atoms with Crippen LogP contribution in [0.3, 0.4) is 0 Å². The van der Waals surface area contributed by atoms with Crippen molar-refractivity contribution < 1.29 is 4.79 Å². The number of hydrogen-bond donors (Lipinski definition) is 1. The fourth-order valence-corrected chi connectivity index (χ4v) is 4.69. The van der Waals surface area contributed by atoms with Crippen molar-refractivity contribution in [3.63, 3.8) is 0 Å². The summed E-state index contributed by atoms with van der Waals surface area (Å²) in [5, 5.41) is 13.1. The number of aryl methyl sites for hydroxylation is 4. The second kappa shape index (κ2) is 6.17. The van der Waals surface area contributed by atoms with Crippen molar-refractivity contribution in [2.75, 3.05) is 5.32 Å². The molecule has 0 spiro atoms. The summed E-state index contributed by atoms with van der Waals surface area (Å²) in [5.74, 6) is -0.0449. The van der Waals surface area contributed by atoms with Crippen LogP contribution in [-0.2, 0) is 24.1 Å². The van der Waals surface area contributed by atoms with Gasteiger partial charge < -0.3 is 5.32 Å². The Balaban J connectivity index is 1.80. The lowest BCUT2D eigenvalue weighted by Crippen LogP contribution is -2.16. The Morgan fingerprint density at radius 2 is 1.96 bits per heavy atom. The highest BCUT2D eigenvalue weighted by atomic mass is 32.1. The summed E-state index contributed by atoms with van der Waals surface area (Å²) < 4.78 is 0. The molecule has 0 atom stereocenters. The average Bonchev–Trinajstić information content (AvgIpc) is 3.03.